The van der Waals surface area contributed by atoms with E-state index in [1.165, 1.54) is 5.56 Å². The van der Waals surface area contributed by atoms with E-state index < -0.39 is 0 Å². The molecule has 0 atom stereocenters. The maximum Gasteiger partial charge on any atom is 0.216 e. The fraction of sp³-hybridized carbons (Fsp3) is 0.462. The first kappa shape index (κ1) is 12.7. The maximum atomic E-state index is 10.6. The van der Waals surface area contributed by atoms with Crippen LogP contribution in [0.15, 0.2) is 30.3 Å². The molecule has 1 rings (SSSR count). The molecule has 0 saturated carbocycles. The van der Waals surface area contributed by atoms with Crippen LogP contribution in [0.4, 0.5) is 0 Å². The van der Waals surface area contributed by atoms with Crippen molar-refractivity contribution in [3.63, 3.8) is 0 Å². The van der Waals surface area contributed by atoms with Gasteiger partial charge in [-0.05, 0) is 31.5 Å². The number of carbonyl (C=O) groups is 1. The van der Waals surface area contributed by atoms with Gasteiger partial charge in [0.1, 0.15) is 0 Å². The molecule has 0 saturated heterocycles. The summed E-state index contributed by atoms with van der Waals surface area (Å²) in [5.41, 5.74) is 1.36. The van der Waals surface area contributed by atoms with Gasteiger partial charge in [-0.1, -0.05) is 30.3 Å². The normalized spacial score (nSPS) is 10.1. The van der Waals surface area contributed by atoms with Crippen molar-refractivity contribution in [2.75, 3.05) is 19.6 Å². The van der Waals surface area contributed by atoms with Crippen LogP contribution in [0.2, 0.25) is 0 Å². The first-order valence-corrected chi connectivity index (χ1v) is 5.78. The molecule has 3 nitrogen and oxygen atoms in total. The molecule has 0 aromatic heterocycles. The third-order valence-corrected chi connectivity index (χ3v) is 2.34. The van der Waals surface area contributed by atoms with Gasteiger partial charge in [0.2, 0.25) is 5.91 Å². The molecule has 0 aliphatic carbocycles. The molecule has 1 amide bonds. The molecular formula is C13H20N2O. The standard InChI is InChI=1S/C13H20N2O/c1-12(16)15-10-5-9-14-11-8-13-6-3-2-4-7-13/h2-4,6-7,14H,5,8-11H2,1H3,(H,15,16). The predicted octanol–water partition coefficient (Wildman–Crippen LogP) is 1.34. The summed E-state index contributed by atoms with van der Waals surface area (Å²) in [5, 5.41) is 6.13. The molecule has 16 heavy (non-hydrogen) atoms. The van der Waals surface area contributed by atoms with Gasteiger partial charge in [-0.2, -0.15) is 0 Å². The summed E-state index contributed by atoms with van der Waals surface area (Å²) in [5.74, 6) is 0.0456. The average Bonchev–Trinajstić information content (AvgIpc) is 2.29. The average molecular weight is 220 g/mol. The lowest BCUT2D eigenvalue weighted by molar-refractivity contribution is -0.118. The molecule has 0 aliphatic heterocycles. The largest absolute Gasteiger partial charge is 0.356 e. The summed E-state index contributed by atoms with van der Waals surface area (Å²) >= 11 is 0. The van der Waals surface area contributed by atoms with Crippen molar-refractivity contribution < 1.29 is 4.79 Å². The molecule has 2 N–H and O–H groups in total. The van der Waals surface area contributed by atoms with Gasteiger partial charge in [-0.3, -0.25) is 4.79 Å². The maximum absolute atomic E-state index is 10.6. The van der Waals surface area contributed by atoms with E-state index in [9.17, 15) is 4.79 Å². The van der Waals surface area contributed by atoms with E-state index in [1.807, 2.05) is 6.07 Å². The van der Waals surface area contributed by atoms with Crippen molar-refractivity contribution in [1.82, 2.24) is 10.6 Å². The van der Waals surface area contributed by atoms with Crippen LogP contribution in [-0.4, -0.2) is 25.5 Å². The van der Waals surface area contributed by atoms with Crippen LogP contribution in [0, 0.1) is 0 Å². The first-order chi connectivity index (χ1) is 7.79. The van der Waals surface area contributed by atoms with Crippen LogP contribution in [0.25, 0.3) is 0 Å². The van der Waals surface area contributed by atoms with Gasteiger partial charge in [0.05, 0.1) is 0 Å². The highest BCUT2D eigenvalue weighted by Crippen LogP contribution is 1.97. The van der Waals surface area contributed by atoms with E-state index in [1.54, 1.807) is 6.92 Å². The van der Waals surface area contributed by atoms with Gasteiger partial charge in [0.25, 0.3) is 0 Å². The lowest BCUT2D eigenvalue weighted by Crippen LogP contribution is -2.26. The van der Waals surface area contributed by atoms with Crippen LogP contribution in [0.1, 0.15) is 18.9 Å². The molecule has 0 aliphatic rings. The SMILES string of the molecule is CC(=O)NCCCNCCc1ccccc1. The monoisotopic (exact) mass is 220 g/mol. The van der Waals surface area contributed by atoms with Gasteiger partial charge in [-0.25, -0.2) is 0 Å². The number of nitrogens with one attached hydrogen (secondary N) is 2. The Hall–Kier alpha value is -1.35. The summed E-state index contributed by atoms with van der Waals surface area (Å²) in [6.07, 6.45) is 2.04. The van der Waals surface area contributed by atoms with Crippen molar-refractivity contribution in [2.45, 2.75) is 19.8 Å². The lowest BCUT2D eigenvalue weighted by Gasteiger charge is -2.05. The summed E-state index contributed by atoms with van der Waals surface area (Å²) in [6, 6.07) is 10.4. The van der Waals surface area contributed by atoms with Crippen LogP contribution in [0.3, 0.4) is 0 Å². The van der Waals surface area contributed by atoms with E-state index in [0.29, 0.717) is 0 Å². The zero-order valence-corrected chi connectivity index (χ0v) is 9.83. The fourth-order valence-electron chi connectivity index (χ4n) is 1.48. The number of rotatable bonds is 7. The second kappa shape index (κ2) is 7.88. The Morgan fingerprint density at radius 1 is 1.12 bits per heavy atom. The minimum absolute atomic E-state index is 0.0456. The van der Waals surface area contributed by atoms with Gasteiger partial charge >= 0.3 is 0 Å². The quantitative estimate of drug-likeness (QED) is 0.681. The number of hydrogen-bond donors (Lipinski definition) is 2. The van der Waals surface area contributed by atoms with Gasteiger partial charge < -0.3 is 10.6 Å². The molecule has 3 heteroatoms. The number of benzene rings is 1. The van der Waals surface area contributed by atoms with Crippen molar-refractivity contribution >= 4 is 5.91 Å². The van der Waals surface area contributed by atoms with Crippen LogP contribution in [0.5, 0.6) is 0 Å². The van der Waals surface area contributed by atoms with E-state index in [2.05, 4.69) is 34.9 Å². The number of carbonyl (C=O) groups excluding carboxylic acids is 1. The first-order valence-electron chi connectivity index (χ1n) is 5.78. The molecule has 1 aromatic rings. The van der Waals surface area contributed by atoms with Gasteiger partial charge in [-0.15, -0.1) is 0 Å². The highest BCUT2D eigenvalue weighted by molar-refractivity contribution is 5.72. The molecule has 0 bridgehead atoms. The molecule has 0 unspecified atom stereocenters. The molecule has 0 spiro atoms. The van der Waals surface area contributed by atoms with Crippen molar-refractivity contribution in [3.8, 4) is 0 Å². The smallest absolute Gasteiger partial charge is 0.216 e. The van der Waals surface area contributed by atoms with E-state index in [0.717, 1.165) is 32.5 Å². The second-order valence-electron chi connectivity index (χ2n) is 3.82. The highest BCUT2D eigenvalue weighted by atomic mass is 16.1. The number of amides is 1. The Balaban J connectivity index is 1.94. The molecule has 0 radical (unpaired) electrons. The Morgan fingerprint density at radius 3 is 2.56 bits per heavy atom. The fourth-order valence-corrected chi connectivity index (χ4v) is 1.48. The Kier molecular flexibility index (Phi) is 6.26. The third-order valence-electron chi connectivity index (χ3n) is 2.34. The van der Waals surface area contributed by atoms with E-state index in [4.69, 9.17) is 0 Å². The summed E-state index contributed by atoms with van der Waals surface area (Å²) in [4.78, 5) is 10.6. The van der Waals surface area contributed by atoms with Gasteiger partial charge in [0.15, 0.2) is 0 Å². The summed E-state index contributed by atoms with van der Waals surface area (Å²) < 4.78 is 0. The molecule has 0 heterocycles. The van der Waals surface area contributed by atoms with E-state index >= 15 is 0 Å². The van der Waals surface area contributed by atoms with Crippen molar-refractivity contribution in [1.29, 1.82) is 0 Å². The minimum atomic E-state index is 0.0456. The molecule has 1 aromatic carbocycles. The minimum Gasteiger partial charge on any atom is -0.356 e. The molecular weight excluding hydrogens is 200 g/mol. The molecule has 0 fully saturated rings. The van der Waals surface area contributed by atoms with Gasteiger partial charge in [0, 0.05) is 13.5 Å². The molecule has 88 valence electrons. The van der Waals surface area contributed by atoms with Crippen LogP contribution < -0.4 is 10.6 Å². The zero-order chi connectivity index (χ0) is 11.6. The van der Waals surface area contributed by atoms with Crippen LogP contribution in [-0.2, 0) is 11.2 Å². The lowest BCUT2D eigenvalue weighted by atomic mass is 10.1. The van der Waals surface area contributed by atoms with E-state index in [-0.39, 0.29) is 5.91 Å². The summed E-state index contributed by atoms with van der Waals surface area (Å²) in [7, 11) is 0. The topological polar surface area (TPSA) is 41.1 Å². The highest BCUT2D eigenvalue weighted by Gasteiger charge is 1.92. The third kappa shape index (κ3) is 6.19. The Bertz CT molecular complexity index is 298. The summed E-state index contributed by atoms with van der Waals surface area (Å²) in [6.45, 7) is 4.24. The second-order valence-corrected chi connectivity index (χ2v) is 3.82. The van der Waals surface area contributed by atoms with Crippen LogP contribution >= 0.6 is 0 Å². The Morgan fingerprint density at radius 2 is 1.88 bits per heavy atom. The Labute approximate surface area is 97.2 Å². The number of hydrogen-bond acceptors (Lipinski definition) is 2. The van der Waals surface area contributed by atoms with Crippen molar-refractivity contribution in [2.24, 2.45) is 0 Å². The zero-order valence-electron chi connectivity index (χ0n) is 9.83. The predicted molar refractivity (Wildman–Crippen MR) is 66.3 cm³/mol. The van der Waals surface area contributed by atoms with Crippen molar-refractivity contribution in [3.05, 3.63) is 35.9 Å².